The average Bonchev–Trinajstić information content (AvgIpc) is 3.00. The molecule has 0 aromatic carbocycles. The van der Waals surface area contributed by atoms with Crippen molar-refractivity contribution < 1.29 is 14.3 Å². The molecular weight excluding hydrogens is 354 g/mol. The van der Waals surface area contributed by atoms with E-state index < -0.39 is 17.0 Å². The van der Waals surface area contributed by atoms with E-state index >= 15 is 0 Å². The minimum absolute atomic E-state index is 0.00672. The zero-order valence-electron chi connectivity index (χ0n) is 15.9. The van der Waals surface area contributed by atoms with Crippen molar-refractivity contribution in [1.82, 2.24) is 23.6 Å². The fourth-order valence-corrected chi connectivity index (χ4v) is 3.62. The van der Waals surface area contributed by atoms with Gasteiger partial charge in [0.25, 0.3) is 5.56 Å². The number of carbonyl (C=O) groups is 1. The van der Waals surface area contributed by atoms with Crippen molar-refractivity contribution >= 4 is 17.1 Å². The number of nitrogens with zero attached hydrogens (tertiary/aromatic N) is 5. The lowest BCUT2D eigenvalue weighted by molar-refractivity contribution is -0.303. The highest BCUT2D eigenvalue weighted by molar-refractivity contribution is 5.79. The Hall–Kier alpha value is -2.46. The molecule has 2 aromatic heterocycles. The molecule has 4 heterocycles. The summed E-state index contributed by atoms with van der Waals surface area (Å²) in [6.07, 6.45) is 1.42. The van der Waals surface area contributed by atoms with Gasteiger partial charge in [0.2, 0.25) is 5.91 Å². The Bertz CT molecular complexity index is 1030. The molecule has 0 N–H and O–H groups in total. The largest absolute Gasteiger partial charge is 0.350 e. The maximum Gasteiger partial charge on any atom is 0.332 e. The van der Waals surface area contributed by atoms with Crippen LogP contribution in [0.1, 0.15) is 13.8 Å². The Morgan fingerprint density at radius 1 is 1.15 bits per heavy atom. The van der Waals surface area contributed by atoms with Gasteiger partial charge >= 0.3 is 5.69 Å². The molecule has 1 spiro atoms. The Balaban J connectivity index is 1.51. The summed E-state index contributed by atoms with van der Waals surface area (Å²) in [4.78, 5) is 43.0. The average molecular weight is 377 g/mol. The van der Waals surface area contributed by atoms with Crippen LogP contribution >= 0.6 is 0 Å². The Kier molecular flexibility index (Phi) is 3.83. The highest BCUT2D eigenvalue weighted by Gasteiger charge is 2.50. The van der Waals surface area contributed by atoms with Crippen LogP contribution in [0.2, 0.25) is 0 Å². The number of amides is 1. The highest BCUT2D eigenvalue weighted by Crippen LogP contribution is 2.37. The van der Waals surface area contributed by atoms with E-state index in [1.165, 1.54) is 22.5 Å². The minimum atomic E-state index is -0.582. The predicted octanol–water partition coefficient (Wildman–Crippen LogP) is -0.955. The fourth-order valence-electron chi connectivity index (χ4n) is 3.62. The van der Waals surface area contributed by atoms with Gasteiger partial charge in [-0.1, -0.05) is 0 Å². The lowest BCUT2D eigenvalue weighted by Gasteiger charge is -2.54. The van der Waals surface area contributed by atoms with E-state index in [9.17, 15) is 14.4 Å². The SMILES string of the molecule is Cn1c(=O)c2c(ncn2CC(=O)N2CC3(COC(C)(C)OC3)C2)n(C)c1=O. The first-order valence-corrected chi connectivity index (χ1v) is 8.79. The van der Waals surface area contributed by atoms with Gasteiger partial charge in [0.05, 0.1) is 25.0 Å². The summed E-state index contributed by atoms with van der Waals surface area (Å²) in [7, 11) is 2.96. The quantitative estimate of drug-likeness (QED) is 0.669. The van der Waals surface area contributed by atoms with Gasteiger partial charge in [-0.15, -0.1) is 0 Å². The van der Waals surface area contributed by atoms with E-state index in [1.807, 2.05) is 13.8 Å². The van der Waals surface area contributed by atoms with Crippen molar-refractivity contribution in [3.05, 3.63) is 27.2 Å². The summed E-state index contributed by atoms with van der Waals surface area (Å²) in [5.41, 5.74) is -0.548. The lowest BCUT2D eigenvalue weighted by Crippen LogP contribution is -2.66. The molecule has 0 saturated carbocycles. The molecule has 0 radical (unpaired) electrons. The first kappa shape index (κ1) is 17.9. The zero-order chi connectivity index (χ0) is 19.6. The standard InChI is InChI=1S/C17H23N5O5/c1-16(2)26-8-17(9-27-16)6-22(7-17)11(23)5-21-10-18-13-12(21)14(24)20(4)15(25)19(13)3/h10H,5-9H2,1-4H3. The second-order valence-corrected chi connectivity index (χ2v) is 7.98. The highest BCUT2D eigenvalue weighted by atomic mass is 16.7. The molecule has 2 aliphatic rings. The molecule has 0 unspecified atom stereocenters. The van der Waals surface area contributed by atoms with Gasteiger partial charge < -0.3 is 18.9 Å². The number of carbonyl (C=O) groups excluding carboxylic acids is 1. The maximum absolute atomic E-state index is 12.7. The van der Waals surface area contributed by atoms with Crippen LogP contribution in [0.25, 0.3) is 11.2 Å². The van der Waals surface area contributed by atoms with Crippen LogP contribution in [0, 0.1) is 5.41 Å². The first-order valence-electron chi connectivity index (χ1n) is 8.79. The van der Waals surface area contributed by atoms with Crippen molar-refractivity contribution in [2.45, 2.75) is 26.2 Å². The summed E-state index contributed by atoms with van der Waals surface area (Å²) < 4.78 is 15.2. The molecule has 1 amide bonds. The van der Waals surface area contributed by atoms with Gasteiger partial charge in [0.1, 0.15) is 6.54 Å². The molecule has 10 heteroatoms. The Labute approximate surface area is 154 Å². The molecular formula is C17H23N5O5. The number of fused-ring (bicyclic) bond motifs is 1. The normalized spacial score (nSPS) is 20.8. The third-order valence-corrected chi connectivity index (χ3v) is 5.38. The van der Waals surface area contributed by atoms with Crippen LogP contribution in [-0.4, -0.2) is 61.6 Å². The summed E-state index contributed by atoms with van der Waals surface area (Å²) in [5, 5.41) is 0. The zero-order valence-corrected chi connectivity index (χ0v) is 15.9. The second-order valence-electron chi connectivity index (χ2n) is 7.98. The summed E-state index contributed by atoms with van der Waals surface area (Å²) in [6.45, 7) is 5.98. The minimum Gasteiger partial charge on any atom is -0.350 e. The summed E-state index contributed by atoms with van der Waals surface area (Å²) >= 11 is 0. The Morgan fingerprint density at radius 2 is 1.78 bits per heavy atom. The summed E-state index contributed by atoms with van der Waals surface area (Å²) in [6, 6.07) is 0. The van der Waals surface area contributed by atoms with Crippen molar-refractivity contribution in [3.63, 3.8) is 0 Å². The molecule has 2 aliphatic heterocycles. The maximum atomic E-state index is 12.7. The first-order chi connectivity index (χ1) is 12.6. The third kappa shape index (κ3) is 2.79. The molecule has 27 heavy (non-hydrogen) atoms. The van der Waals surface area contributed by atoms with Gasteiger partial charge in [-0.2, -0.15) is 0 Å². The van der Waals surface area contributed by atoms with Crippen LogP contribution in [0.15, 0.2) is 15.9 Å². The third-order valence-electron chi connectivity index (χ3n) is 5.38. The predicted molar refractivity (Wildman–Crippen MR) is 95.2 cm³/mol. The molecule has 146 valence electrons. The number of imidazole rings is 1. The number of ether oxygens (including phenoxy) is 2. The van der Waals surface area contributed by atoms with E-state index in [4.69, 9.17) is 9.47 Å². The number of aryl methyl sites for hydroxylation is 1. The van der Waals surface area contributed by atoms with E-state index in [1.54, 1.807) is 11.9 Å². The van der Waals surface area contributed by atoms with Crippen molar-refractivity contribution in [2.24, 2.45) is 19.5 Å². The van der Waals surface area contributed by atoms with E-state index in [2.05, 4.69) is 4.98 Å². The number of aromatic nitrogens is 4. The fraction of sp³-hybridized carbons (Fsp3) is 0.647. The number of rotatable bonds is 2. The van der Waals surface area contributed by atoms with Gasteiger partial charge in [0, 0.05) is 27.2 Å². The van der Waals surface area contributed by atoms with E-state index in [0.717, 1.165) is 4.57 Å². The smallest absolute Gasteiger partial charge is 0.332 e. The van der Waals surface area contributed by atoms with Gasteiger partial charge in [-0.05, 0) is 13.8 Å². The summed E-state index contributed by atoms with van der Waals surface area (Å²) in [5.74, 6) is -0.692. The Morgan fingerprint density at radius 3 is 2.41 bits per heavy atom. The second kappa shape index (κ2) is 5.77. The number of hydrogen-bond donors (Lipinski definition) is 0. The lowest BCUT2D eigenvalue weighted by atomic mass is 9.80. The number of hydrogen-bond acceptors (Lipinski definition) is 6. The van der Waals surface area contributed by atoms with E-state index in [-0.39, 0.29) is 29.0 Å². The monoisotopic (exact) mass is 377 g/mol. The number of likely N-dealkylation sites (tertiary alicyclic amines) is 1. The van der Waals surface area contributed by atoms with Crippen molar-refractivity contribution in [1.29, 1.82) is 0 Å². The molecule has 0 atom stereocenters. The van der Waals surface area contributed by atoms with Crippen molar-refractivity contribution in [3.8, 4) is 0 Å². The molecule has 0 bridgehead atoms. The van der Waals surface area contributed by atoms with Crippen molar-refractivity contribution in [2.75, 3.05) is 26.3 Å². The molecule has 2 saturated heterocycles. The van der Waals surface area contributed by atoms with Gasteiger partial charge in [-0.3, -0.25) is 18.7 Å². The molecule has 2 aromatic rings. The van der Waals surface area contributed by atoms with Crippen LogP contribution in [-0.2, 0) is 34.9 Å². The van der Waals surface area contributed by atoms with E-state index in [0.29, 0.717) is 26.3 Å². The van der Waals surface area contributed by atoms with Gasteiger partial charge in [-0.25, -0.2) is 9.78 Å². The van der Waals surface area contributed by atoms with Crippen LogP contribution in [0.3, 0.4) is 0 Å². The molecule has 0 aliphatic carbocycles. The van der Waals surface area contributed by atoms with Crippen LogP contribution in [0.4, 0.5) is 0 Å². The molecule has 10 nitrogen and oxygen atoms in total. The van der Waals surface area contributed by atoms with Gasteiger partial charge in [0.15, 0.2) is 17.0 Å². The van der Waals surface area contributed by atoms with Crippen LogP contribution < -0.4 is 11.2 Å². The topological polar surface area (TPSA) is 101 Å². The molecule has 2 fully saturated rings. The van der Waals surface area contributed by atoms with Crippen LogP contribution in [0.5, 0.6) is 0 Å². The molecule has 4 rings (SSSR count).